The number of rotatable bonds is 8. The third-order valence-corrected chi connectivity index (χ3v) is 12.1. The Labute approximate surface area is 401 Å². The molecule has 0 atom stereocenters. The molecule has 2 aromatic carbocycles. The minimum absolute atomic E-state index is 0.123. The zero-order chi connectivity index (χ0) is 50.4. The van der Waals surface area contributed by atoms with Crippen molar-refractivity contribution in [3.8, 4) is 46.0 Å². The first-order valence-electron chi connectivity index (χ1n) is 21.9. The smallest absolute Gasteiger partial charge is 0.338 e. The number of aliphatic hydroxyl groups is 2. The molecule has 10 aromatic rings. The molecule has 19 heteroatoms. The summed E-state index contributed by atoms with van der Waals surface area (Å²) in [6.07, 6.45) is 6.00. The molecule has 0 aliphatic heterocycles. The fourth-order valence-corrected chi connectivity index (χ4v) is 7.99. The number of H-pyrrole nitrogens is 1. The summed E-state index contributed by atoms with van der Waals surface area (Å²) >= 11 is 0. The Balaban J connectivity index is 0.000000176. The van der Waals surface area contributed by atoms with Crippen LogP contribution < -0.4 is 28.2 Å². The molecule has 0 radical (unpaired) electrons. The van der Waals surface area contributed by atoms with Crippen molar-refractivity contribution < 1.29 is 10.2 Å². The van der Waals surface area contributed by atoms with E-state index in [1.807, 2.05) is 13.8 Å². The lowest BCUT2D eigenvalue weighted by atomic mass is 9.86. The maximum Gasteiger partial charge on any atom is 0.338 e. The molecule has 5 N–H and O–H groups in total. The molecule has 19 nitrogen and oxygen atoms in total. The maximum atomic E-state index is 13.5. The van der Waals surface area contributed by atoms with Crippen LogP contribution in [0.25, 0.3) is 77.8 Å². The minimum atomic E-state index is -0.796. The average Bonchev–Trinajstić information content (AvgIpc) is 3.39. The zero-order valence-electron chi connectivity index (χ0n) is 38.5. The van der Waals surface area contributed by atoms with Crippen LogP contribution in [0.4, 0.5) is 5.82 Å². The number of aromatic amines is 1. The maximum absolute atomic E-state index is 13.5. The van der Waals surface area contributed by atoms with E-state index in [-0.39, 0.29) is 22.9 Å². The Hall–Kier alpha value is -9.56. The Morgan fingerprint density at radius 1 is 0.606 bits per heavy atom. The second-order valence-corrected chi connectivity index (χ2v) is 17.5. The van der Waals surface area contributed by atoms with Crippen molar-refractivity contribution in [2.45, 2.75) is 51.9 Å². The van der Waals surface area contributed by atoms with E-state index in [9.17, 15) is 39.9 Å². The van der Waals surface area contributed by atoms with Gasteiger partial charge in [0, 0.05) is 35.9 Å². The van der Waals surface area contributed by atoms with Crippen molar-refractivity contribution in [2.24, 2.45) is 0 Å². The summed E-state index contributed by atoms with van der Waals surface area (Å²) in [5.74, 6) is 0.369. The van der Waals surface area contributed by atoms with Crippen LogP contribution in [-0.4, -0.2) is 58.8 Å². The number of pyridine rings is 6. The lowest BCUT2D eigenvalue weighted by Crippen LogP contribution is -2.39. The van der Waals surface area contributed by atoms with Crippen molar-refractivity contribution in [1.82, 2.24) is 48.6 Å². The summed E-state index contributed by atoms with van der Waals surface area (Å²) in [5.41, 5.74) is 9.64. The summed E-state index contributed by atoms with van der Waals surface area (Å²) in [4.78, 5) is 81.1. The summed E-state index contributed by atoms with van der Waals surface area (Å²) < 4.78 is 3.46. The molecule has 0 fully saturated rings. The molecule has 0 saturated heterocycles. The Kier molecular flexibility index (Phi) is 11.9. The third-order valence-electron chi connectivity index (χ3n) is 12.1. The fraction of sp³-hybridized carbons (Fsp3) is 0.154. The molecule has 0 bridgehead atoms. The van der Waals surface area contributed by atoms with Gasteiger partial charge in [-0.3, -0.25) is 38.7 Å². The first-order valence-corrected chi connectivity index (χ1v) is 21.9. The van der Waals surface area contributed by atoms with Crippen LogP contribution in [0.5, 0.6) is 0 Å². The normalized spacial score (nSPS) is 11.6. The SMILES string of the molecule is CC(C)(C#N)c1ccc(-n2c(=O)[nH]c(=O)c3cnc4ccc(-c5ccc(CO)nc5)nc4c32)cc1.CC(C)(C#N)c1ccc(-n2c(=O)n(CO)c(=O)c3cnc4ccc(-c5ccc(N)nc5)nc4c32)cc1. The number of aliphatic hydroxyl groups excluding tert-OH is 2. The number of nitrogens with zero attached hydrogens (tertiary/aromatic N) is 11. The molecule has 0 spiro atoms. The van der Waals surface area contributed by atoms with Gasteiger partial charge in [0.1, 0.15) is 23.6 Å². The van der Waals surface area contributed by atoms with E-state index in [1.165, 1.54) is 21.5 Å². The van der Waals surface area contributed by atoms with Gasteiger partial charge >= 0.3 is 11.4 Å². The van der Waals surface area contributed by atoms with Crippen molar-refractivity contribution in [3.63, 3.8) is 0 Å². The predicted octanol–water partition coefficient (Wildman–Crippen LogP) is 5.47. The molecule has 0 aliphatic carbocycles. The van der Waals surface area contributed by atoms with Crippen molar-refractivity contribution >= 4 is 49.7 Å². The molecule has 8 aromatic heterocycles. The fourth-order valence-electron chi connectivity index (χ4n) is 7.99. The minimum Gasteiger partial charge on any atom is -0.390 e. The number of benzene rings is 2. The molecule has 8 heterocycles. The van der Waals surface area contributed by atoms with E-state index in [0.29, 0.717) is 73.0 Å². The van der Waals surface area contributed by atoms with Gasteiger partial charge in [-0.1, -0.05) is 24.3 Å². The van der Waals surface area contributed by atoms with Gasteiger partial charge in [-0.05, 0) is 112 Å². The van der Waals surface area contributed by atoms with Crippen LogP contribution in [0.3, 0.4) is 0 Å². The van der Waals surface area contributed by atoms with Gasteiger partial charge in [-0.15, -0.1) is 0 Å². The molecule has 350 valence electrons. The van der Waals surface area contributed by atoms with Crippen LogP contribution >= 0.6 is 0 Å². The number of nitriles is 2. The van der Waals surface area contributed by atoms with Gasteiger partial charge < -0.3 is 15.9 Å². The second-order valence-electron chi connectivity index (χ2n) is 17.5. The molecular formula is C52H41N13O6. The number of nitrogen functional groups attached to an aromatic ring is 1. The zero-order valence-corrected chi connectivity index (χ0v) is 38.5. The number of anilines is 1. The molecule has 0 amide bonds. The number of hydrogen-bond donors (Lipinski definition) is 4. The second kappa shape index (κ2) is 18.2. The first-order chi connectivity index (χ1) is 34.1. The third kappa shape index (κ3) is 8.43. The van der Waals surface area contributed by atoms with E-state index in [0.717, 1.165) is 15.7 Å². The van der Waals surface area contributed by atoms with Gasteiger partial charge in [-0.25, -0.2) is 29.1 Å². The highest BCUT2D eigenvalue weighted by atomic mass is 16.3. The summed E-state index contributed by atoms with van der Waals surface area (Å²) in [6, 6.07) is 32.5. The Morgan fingerprint density at radius 2 is 1.11 bits per heavy atom. The van der Waals surface area contributed by atoms with E-state index in [4.69, 9.17) is 15.7 Å². The standard InChI is InChI=1S/C26H21N7O3.C26H20N6O3/c1-26(2,13-27)16-4-6-17(7-5-16)33-23-18(24(35)32(14-34)25(33)36)12-29-20-9-8-19(31-22(20)23)15-3-10-21(28)30-11-15;1-26(2,14-27)16-4-7-18(8-5-16)32-23-19(24(34)31-25(32)35)12-29-21-10-9-20(30-22(21)23)15-3-6-17(13-33)28-11-15/h3-12,34H,14H2,1-2H3,(H2,28,30);3-12,33H,13H2,1-2H3,(H,31,34,35). The summed E-state index contributed by atoms with van der Waals surface area (Å²) in [5, 5.41) is 38.3. The largest absolute Gasteiger partial charge is 0.390 e. The van der Waals surface area contributed by atoms with Gasteiger partial charge in [-0.2, -0.15) is 10.5 Å². The van der Waals surface area contributed by atoms with Gasteiger partial charge in [0.05, 0.1) is 90.9 Å². The molecular weight excluding hydrogens is 903 g/mol. The van der Waals surface area contributed by atoms with Crippen molar-refractivity contribution in [3.05, 3.63) is 180 Å². The molecule has 0 unspecified atom stereocenters. The van der Waals surface area contributed by atoms with E-state index < -0.39 is 40.1 Å². The lowest BCUT2D eigenvalue weighted by Gasteiger charge is -2.18. The summed E-state index contributed by atoms with van der Waals surface area (Å²) in [6.45, 7) is 6.26. The first kappa shape index (κ1) is 46.5. The number of fused-ring (bicyclic) bond motifs is 6. The average molecular weight is 944 g/mol. The quantitative estimate of drug-likeness (QED) is 0.137. The van der Waals surface area contributed by atoms with Crippen LogP contribution in [-0.2, 0) is 24.2 Å². The van der Waals surface area contributed by atoms with Gasteiger partial charge in [0.2, 0.25) is 0 Å². The summed E-state index contributed by atoms with van der Waals surface area (Å²) in [7, 11) is 0. The van der Waals surface area contributed by atoms with Crippen LogP contribution in [0, 0.1) is 22.7 Å². The highest BCUT2D eigenvalue weighted by molar-refractivity contribution is 6.03. The number of nitrogens with two attached hydrogens (primary N) is 1. The van der Waals surface area contributed by atoms with Crippen LogP contribution in [0.1, 0.15) is 44.5 Å². The van der Waals surface area contributed by atoms with Crippen molar-refractivity contribution in [2.75, 3.05) is 5.73 Å². The predicted molar refractivity (Wildman–Crippen MR) is 266 cm³/mol. The Morgan fingerprint density at radius 3 is 1.59 bits per heavy atom. The van der Waals surface area contributed by atoms with Crippen LogP contribution in [0.15, 0.2) is 141 Å². The molecule has 0 saturated carbocycles. The highest BCUT2D eigenvalue weighted by Crippen LogP contribution is 2.30. The number of aromatic nitrogens is 10. The number of hydrogen-bond acceptors (Lipinski definition) is 15. The molecule has 10 rings (SSSR count). The van der Waals surface area contributed by atoms with E-state index in [2.05, 4.69) is 37.1 Å². The van der Waals surface area contributed by atoms with Gasteiger partial charge in [0.15, 0.2) is 0 Å². The monoisotopic (exact) mass is 943 g/mol. The van der Waals surface area contributed by atoms with Crippen molar-refractivity contribution in [1.29, 1.82) is 10.5 Å². The highest BCUT2D eigenvalue weighted by Gasteiger charge is 2.23. The van der Waals surface area contributed by atoms with Crippen LogP contribution in [0.2, 0.25) is 0 Å². The lowest BCUT2D eigenvalue weighted by molar-refractivity contribution is 0.200. The Bertz CT molecular complexity index is 4070. The van der Waals surface area contributed by atoms with E-state index >= 15 is 0 Å². The van der Waals surface area contributed by atoms with Gasteiger partial charge in [0.25, 0.3) is 11.1 Å². The molecule has 0 aliphatic rings. The number of nitrogens with one attached hydrogen (secondary N) is 1. The molecule has 71 heavy (non-hydrogen) atoms. The van der Waals surface area contributed by atoms with E-state index in [1.54, 1.807) is 123 Å². The topological polar surface area (TPSA) is 290 Å².